The molecule has 1 N–H and O–H groups in total. The third kappa shape index (κ3) is 9.48. The summed E-state index contributed by atoms with van der Waals surface area (Å²) in [6.07, 6.45) is 2.27. The van der Waals surface area contributed by atoms with Crippen molar-refractivity contribution >= 4 is 23.3 Å². The summed E-state index contributed by atoms with van der Waals surface area (Å²) >= 11 is 1.71. The molecular formula is C48H38O5S. The Balaban J connectivity index is 1.14. The predicted molar refractivity (Wildman–Crippen MR) is 219 cm³/mol. The highest BCUT2D eigenvalue weighted by molar-refractivity contribution is 7.99. The molecule has 0 saturated heterocycles. The third-order valence-electron chi connectivity index (χ3n) is 8.72. The van der Waals surface area contributed by atoms with Crippen LogP contribution in [0.4, 0.5) is 0 Å². The van der Waals surface area contributed by atoms with Crippen molar-refractivity contribution < 1.29 is 24.1 Å². The minimum absolute atomic E-state index is 0.364. The molecule has 7 rings (SSSR count). The number of hydrogen-bond donors (Lipinski definition) is 1. The predicted octanol–water partition coefficient (Wildman–Crippen LogP) is 12.6. The first-order valence-corrected chi connectivity index (χ1v) is 18.6. The van der Waals surface area contributed by atoms with Crippen LogP contribution in [0.25, 0.3) is 27.8 Å². The molecule has 5 nitrogen and oxygen atoms in total. The zero-order valence-corrected chi connectivity index (χ0v) is 30.5. The Hall–Kier alpha value is -6.50. The van der Waals surface area contributed by atoms with Crippen molar-refractivity contribution in [2.45, 2.75) is 11.8 Å². The van der Waals surface area contributed by atoms with E-state index in [2.05, 4.69) is 78.9 Å². The molecule has 0 aromatic heterocycles. The van der Waals surface area contributed by atoms with Gasteiger partial charge in [0, 0.05) is 10.6 Å². The van der Waals surface area contributed by atoms with Gasteiger partial charge in [-0.3, -0.25) is 0 Å². The zero-order valence-electron chi connectivity index (χ0n) is 29.7. The van der Waals surface area contributed by atoms with Gasteiger partial charge in [-0.25, -0.2) is 4.79 Å². The highest BCUT2D eigenvalue weighted by Crippen LogP contribution is 2.34. The highest BCUT2D eigenvalue weighted by Gasteiger charge is 2.10. The Labute approximate surface area is 320 Å². The molecular weight excluding hydrogens is 689 g/mol. The summed E-state index contributed by atoms with van der Waals surface area (Å²) < 4.78 is 17.6. The number of carboxylic acids is 1. The number of benzene rings is 7. The fourth-order valence-electron chi connectivity index (χ4n) is 6.05. The molecule has 0 unspecified atom stereocenters. The van der Waals surface area contributed by atoms with Gasteiger partial charge in [0.15, 0.2) is 6.61 Å². The van der Waals surface area contributed by atoms with Gasteiger partial charge < -0.3 is 19.3 Å². The van der Waals surface area contributed by atoms with E-state index in [1.807, 2.05) is 110 Å². The van der Waals surface area contributed by atoms with Crippen molar-refractivity contribution in [1.82, 2.24) is 0 Å². The number of aliphatic carboxylic acids is 1. The van der Waals surface area contributed by atoms with Crippen molar-refractivity contribution in [1.29, 1.82) is 0 Å². The van der Waals surface area contributed by atoms with E-state index in [4.69, 9.17) is 19.3 Å². The summed E-state index contributed by atoms with van der Waals surface area (Å²) in [5, 5.41) is 9.00. The van der Waals surface area contributed by atoms with Crippen LogP contribution in [0.3, 0.4) is 0 Å². The maximum Gasteiger partial charge on any atom is 0.341 e. The second kappa shape index (κ2) is 17.3. The fraction of sp³-hybridized carbons (Fsp3) is 0.0625. The molecule has 7 aromatic carbocycles. The van der Waals surface area contributed by atoms with Crippen molar-refractivity contribution in [2.75, 3.05) is 12.4 Å². The van der Waals surface area contributed by atoms with E-state index in [-0.39, 0.29) is 6.61 Å². The Morgan fingerprint density at radius 3 is 1.54 bits per heavy atom. The van der Waals surface area contributed by atoms with Gasteiger partial charge in [-0.15, -0.1) is 11.8 Å². The number of para-hydroxylation sites is 2. The van der Waals surface area contributed by atoms with E-state index in [9.17, 15) is 4.79 Å². The summed E-state index contributed by atoms with van der Waals surface area (Å²) in [5.74, 6) is 3.48. The number of ether oxygens (including phenoxy) is 3. The Morgan fingerprint density at radius 1 is 0.556 bits per heavy atom. The minimum Gasteiger partial charge on any atom is -0.482 e. The van der Waals surface area contributed by atoms with Crippen molar-refractivity contribution in [3.05, 3.63) is 199 Å². The van der Waals surface area contributed by atoms with Crippen LogP contribution in [0.2, 0.25) is 0 Å². The van der Waals surface area contributed by atoms with Gasteiger partial charge in [0.05, 0.1) is 0 Å². The van der Waals surface area contributed by atoms with Gasteiger partial charge in [0.25, 0.3) is 0 Å². The monoisotopic (exact) mass is 726 g/mol. The third-order valence-corrected chi connectivity index (χ3v) is 9.64. The van der Waals surface area contributed by atoms with E-state index in [1.165, 1.54) is 0 Å². The van der Waals surface area contributed by atoms with E-state index in [0.717, 1.165) is 78.2 Å². The lowest BCUT2D eigenvalue weighted by Crippen LogP contribution is -2.09. The second-order valence-corrected chi connectivity index (χ2v) is 13.7. The summed E-state index contributed by atoms with van der Waals surface area (Å²) in [6, 6.07) is 59.0. The first-order valence-electron chi connectivity index (χ1n) is 17.6. The van der Waals surface area contributed by atoms with Crippen LogP contribution in [0.15, 0.2) is 187 Å². The Morgan fingerprint density at radius 2 is 1.06 bits per heavy atom. The molecule has 54 heavy (non-hydrogen) atoms. The molecule has 0 radical (unpaired) electrons. The van der Waals surface area contributed by atoms with Crippen LogP contribution in [0.5, 0.6) is 28.7 Å². The van der Waals surface area contributed by atoms with Crippen molar-refractivity contribution in [2.24, 2.45) is 0 Å². The number of rotatable bonds is 14. The van der Waals surface area contributed by atoms with Crippen molar-refractivity contribution in [3.63, 3.8) is 0 Å². The number of thioether (sulfide) groups is 1. The van der Waals surface area contributed by atoms with E-state index < -0.39 is 5.97 Å². The molecule has 0 aliphatic carbocycles. The van der Waals surface area contributed by atoms with E-state index in [0.29, 0.717) is 5.75 Å². The second-order valence-electron chi connectivity index (χ2n) is 12.6. The topological polar surface area (TPSA) is 65.0 Å². The fourth-order valence-corrected chi connectivity index (χ4v) is 6.92. The van der Waals surface area contributed by atoms with Crippen LogP contribution < -0.4 is 14.2 Å². The van der Waals surface area contributed by atoms with Gasteiger partial charge in [0.2, 0.25) is 0 Å². The van der Waals surface area contributed by atoms with Gasteiger partial charge in [0.1, 0.15) is 28.7 Å². The maximum atomic E-state index is 11.0. The van der Waals surface area contributed by atoms with Crippen LogP contribution in [-0.2, 0) is 4.79 Å². The molecule has 6 heteroatoms. The molecule has 0 saturated carbocycles. The summed E-state index contributed by atoms with van der Waals surface area (Å²) in [7, 11) is 0. The smallest absolute Gasteiger partial charge is 0.341 e. The molecule has 0 amide bonds. The van der Waals surface area contributed by atoms with Crippen LogP contribution >= 0.6 is 11.8 Å². The van der Waals surface area contributed by atoms with E-state index in [1.54, 1.807) is 11.8 Å². The zero-order chi connectivity index (χ0) is 37.1. The van der Waals surface area contributed by atoms with Gasteiger partial charge in [-0.1, -0.05) is 115 Å². The Bertz CT molecular complexity index is 2220. The summed E-state index contributed by atoms with van der Waals surface area (Å²) in [4.78, 5) is 12.1. The van der Waals surface area contributed by atoms with E-state index >= 15 is 0 Å². The van der Waals surface area contributed by atoms with Gasteiger partial charge >= 0.3 is 5.97 Å². The summed E-state index contributed by atoms with van der Waals surface area (Å²) in [6.45, 7) is 1.56. The number of aryl methyl sites for hydroxylation is 1. The lowest BCUT2D eigenvalue weighted by Gasteiger charge is -2.13. The molecule has 0 atom stereocenters. The lowest BCUT2D eigenvalue weighted by atomic mass is 9.94. The molecule has 0 aliphatic heterocycles. The molecule has 266 valence electrons. The van der Waals surface area contributed by atoms with Gasteiger partial charge in [-0.2, -0.15) is 0 Å². The SMILES string of the molecule is Cc1cc(SCC=C(c2ccc(-c3cccc(Oc4ccccc4)c3)cc2)c2ccc(-c3cccc(Oc4ccccc4)c3)cc2)ccc1OCC(=O)O. The number of hydrogen-bond acceptors (Lipinski definition) is 5. The van der Waals surface area contributed by atoms with Gasteiger partial charge in [-0.05, 0) is 118 Å². The Kier molecular flexibility index (Phi) is 11.5. The average Bonchev–Trinajstić information content (AvgIpc) is 3.20. The quantitative estimate of drug-likeness (QED) is 0.113. The summed E-state index contributed by atoms with van der Waals surface area (Å²) in [5.41, 5.74) is 8.58. The first-order chi connectivity index (χ1) is 26.5. The molecule has 0 heterocycles. The number of carboxylic acid groups (broad SMARTS) is 1. The largest absolute Gasteiger partial charge is 0.482 e. The van der Waals surface area contributed by atoms with Crippen LogP contribution in [-0.4, -0.2) is 23.4 Å². The number of carbonyl (C=O) groups is 1. The minimum atomic E-state index is -0.997. The molecule has 7 aromatic rings. The van der Waals surface area contributed by atoms with Crippen molar-refractivity contribution in [3.8, 4) is 51.0 Å². The highest BCUT2D eigenvalue weighted by atomic mass is 32.2. The van der Waals surface area contributed by atoms with Crippen LogP contribution in [0, 0.1) is 6.92 Å². The average molecular weight is 727 g/mol. The molecule has 0 bridgehead atoms. The lowest BCUT2D eigenvalue weighted by molar-refractivity contribution is -0.139. The molecule has 0 aliphatic rings. The standard InChI is InChI=1S/C48H38O5S/c1-34-30-45(26-27-47(34)51-33-48(49)50)54-29-28-46(37-22-18-35(19-23-37)39-10-8-16-43(31-39)52-41-12-4-2-5-13-41)38-24-20-36(21-25-38)40-11-9-17-44(32-40)53-42-14-6-3-7-15-42/h2-28,30-32H,29,33H2,1H3,(H,49,50). The molecule has 0 spiro atoms. The first kappa shape index (κ1) is 35.9. The normalized spacial score (nSPS) is 10.7. The maximum absolute atomic E-state index is 11.0. The molecule has 0 fully saturated rings. The van der Waals surface area contributed by atoms with Crippen LogP contribution in [0.1, 0.15) is 16.7 Å².